The summed E-state index contributed by atoms with van der Waals surface area (Å²) in [6.45, 7) is 3.23. The van der Waals surface area contributed by atoms with Crippen molar-refractivity contribution in [1.82, 2.24) is 5.32 Å². The minimum atomic E-state index is -0.848. The number of aryl methyl sites for hydroxylation is 1. The van der Waals surface area contributed by atoms with E-state index in [1.54, 1.807) is 43.3 Å². The Hall–Kier alpha value is -3.10. The largest absolute Gasteiger partial charge is 0.451 e. The number of hydrogen-bond donors (Lipinski definition) is 1. The Morgan fingerprint density at radius 3 is 2.52 bits per heavy atom. The van der Waals surface area contributed by atoms with E-state index in [4.69, 9.17) is 21.6 Å². The van der Waals surface area contributed by atoms with E-state index in [0.29, 0.717) is 10.6 Å². The van der Waals surface area contributed by atoms with Gasteiger partial charge >= 0.3 is 5.97 Å². The second-order valence-electron chi connectivity index (χ2n) is 5.97. The SMILES string of the molecule is Cc1ccc(/C=C(\C#N)C(=O)OCC(=O)N[C@@H](C)c2ccccc2Cl)cc1. The van der Waals surface area contributed by atoms with Crippen LogP contribution in [0.4, 0.5) is 0 Å². The summed E-state index contributed by atoms with van der Waals surface area (Å²) in [7, 11) is 0. The number of esters is 1. The van der Waals surface area contributed by atoms with E-state index in [9.17, 15) is 9.59 Å². The average molecular weight is 383 g/mol. The summed E-state index contributed by atoms with van der Waals surface area (Å²) in [5.74, 6) is -1.33. The van der Waals surface area contributed by atoms with E-state index in [2.05, 4.69) is 5.32 Å². The van der Waals surface area contributed by atoms with Crippen LogP contribution in [0.2, 0.25) is 5.02 Å². The molecule has 6 heteroatoms. The number of nitrogens with one attached hydrogen (secondary N) is 1. The number of amides is 1. The summed E-state index contributed by atoms with van der Waals surface area (Å²) in [5.41, 5.74) is 2.35. The van der Waals surface area contributed by atoms with Gasteiger partial charge in [-0.3, -0.25) is 4.79 Å². The minimum Gasteiger partial charge on any atom is -0.451 e. The Morgan fingerprint density at radius 2 is 1.89 bits per heavy atom. The van der Waals surface area contributed by atoms with Crippen LogP contribution in [0.3, 0.4) is 0 Å². The van der Waals surface area contributed by atoms with Crippen LogP contribution in [-0.4, -0.2) is 18.5 Å². The molecule has 0 aliphatic rings. The van der Waals surface area contributed by atoms with E-state index in [1.165, 1.54) is 6.08 Å². The monoisotopic (exact) mass is 382 g/mol. The van der Waals surface area contributed by atoms with E-state index in [0.717, 1.165) is 11.1 Å². The number of benzene rings is 2. The molecule has 0 saturated carbocycles. The topological polar surface area (TPSA) is 79.2 Å². The number of nitrogens with zero attached hydrogens (tertiary/aromatic N) is 1. The molecule has 0 aromatic heterocycles. The molecule has 0 spiro atoms. The lowest BCUT2D eigenvalue weighted by Gasteiger charge is -2.15. The second kappa shape index (κ2) is 9.56. The number of ether oxygens (including phenoxy) is 1. The van der Waals surface area contributed by atoms with Crippen LogP contribution < -0.4 is 5.32 Å². The zero-order valence-corrected chi connectivity index (χ0v) is 15.8. The Kier molecular flexibility index (Phi) is 7.16. The molecule has 5 nitrogen and oxygen atoms in total. The highest BCUT2D eigenvalue weighted by atomic mass is 35.5. The highest BCUT2D eigenvalue weighted by Gasteiger charge is 2.16. The maximum absolute atomic E-state index is 12.0. The lowest BCUT2D eigenvalue weighted by molar-refractivity contribution is -0.144. The Balaban J connectivity index is 1.93. The predicted molar refractivity (Wildman–Crippen MR) is 104 cm³/mol. The highest BCUT2D eigenvalue weighted by molar-refractivity contribution is 6.31. The van der Waals surface area contributed by atoms with Crippen molar-refractivity contribution in [2.24, 2.45) is 0 Å². The fourth-order valence-electron chi connectivity index (χ4n) is 2.36. The average Bonchev–Trinajstić information content (AvgIpc) is 2.66. The van der Waals surface area contributed by atoms with Crippen LogP contribution in [0.15, 0.2) is 54.1 Å². The Labute approximate surface area is 163 Å². The molecular weight excluding hydrogens is 364 g/mol. The lowest BCUT2D eigenvalue weighted by Crippen LogP contribution is -2.31. The molecule has 1 atom stereocenters. The molecule has 0 fully saturated rings. The third kappa shape index (κ3) is 5.98. The minimum absolute atomic E-state index is 0.175. The molecule has 27 heavy (non-hydrogen) atoms. The van der Waals surface area contributed by atoms with Crippen molar-refractivity contribution >= 4 is 29.6 Å². The lowest BCUT2D eigenvalue weighted by atomic mass is 10.1. The van der Waals surface area contributed by atoms with Crippen LogP contribution in [0.25, 0.3) is 6.08 Å². The summed E-state index contributed by atoms with van der Waals surface area (Å²) >= 11 is 6.10. The number of carbonyl (C=O) groups excluding carboxylic acids is 2. The van der Waals surface area contributed by atoms with Crippen LogP contribution in [0.1, 0.15) is 29.7 Å². The molecule has 0 unspecified atom stereocenters. The van der Waals surface area contributed by atoms with Crippen molar-refractivity contribution in [3.63, 3.8) is 0 Å². The van der Waals surface area contributed by atoms with Gasteiger partial charge in [0.05, 0.1) is 6.04 Å². The Morgan fingerprint density at radius 1 is 1.22 bits per heavy atom. The molecule has 1 N–H and O–H groups in total. The maximum Gasteiger partial charge on any atom is 0.349 e. The van der Waals surface area contributed by atoms with Crippen molar-refractivity contribution in [2.75, 3.05) is 6.61 Å². The van der Waals surface area contributed by atoms with Gasteiger partial charge in [0.1, 0.15) is 11.6 Å². The molecule has 0 saturated heterocycles. The number of hydrogen-bond acceptors (Lipinski definition) is 4. The van der Waals surface area contributed by atoms with Gasteiger partial charge in [-0.15, -0.1) is 0 Å². The molecule has 2 aromatic carbocycles. The number of carbonyl (C=O) groups is 2. The zero-order valence-electron chi connectivity index (χ0n) is 15.0. The van der Waals surface area contributed by atoms with Crippen molar-refractivity contribution in [3.8, 4) is 6.07 Å². The normalized spacial score (nSPS) is 12.0. The standard InChI is InChI=1S/C21H19ClN2O3/c1-14-7-9-16(10-8-14)11-17(12-23)21(26)27-13-20(25)24-15(2)18-5-3-4-6-19(18)22/h3-11,15H,13H2,1-2H3,(H,24,25)/b17-11+/t15-/m0/s1. The van der Waals surface area contributed by atoms with Gasteiger partial charge in [-0.25, -0.2) is 4.79 Å². The van der Waals surface area contributed by atoms with Gasteiger partial charge in [-0.2, -0.15) is 5.26 Å². The first-order chi connectivity index (χ1) is 12.9. The zero-order chi connectivity index (χ0) is 19.8. The number of nitriles is 1. The molecule has 0 aliphatic carbocycles. The first-order valence-electron chi connectivity index (χ1n) is 8.30. The van der Waals surface area contributed by atoms with Crippen molar-refractivity contribution in [3.05, 3.63) is 75.8 Å². The fourth-order valence-corrected chi connectivity index (χ4v) is 2.66. The van der Waals surface area contributed by atoms with Gasteiger partial charge in [0.2, 0.25) is 0 Å². The molecule has 2 rings (SSSR count). The summed E-state index contributed by atoms with van der Waals surface area (Å²) in [6, 6.07) is 15.9. The Bertz CT molecular complexity index is 898. The predicted octanol–water partition coefficient (Wildman–Crippen LogP) is 3.98. The molecule has 2 aromatic rings. The summed E-state index contributed by atoms with van der Waals surface area (Å²) in [5, 5.41) is 12.4. The molecule has 0 bridgehead atoms. The summed E-state index contributed by atoms with van der Waals surface area (Å²) in [4.78, 5) is 24.1. The quantitative estimate of drug-likeness (QED) is 0.465. The molecule has 0 aliphatic heterocycles. The summed E-state index contributed by atoms with van der Waals surface area (Å²) < 4.78 is 4.95. The van der Waals surface area contributed by atoms with E-state index in [1.807, 2.05) is 25.1 Å². The molecule has 0 radical (unpaired) electrons. The van der Waals surface area contributed by atoms with Gasteiger partial charge in [0.15, 0.2) is 6.61 Å². The molecule has 138 valence electrons. The summed E-state index contributed by atoms with van der Waals surface area (Å²) in [6.07, 6.45) is 1.42. The van der Waals surface area contributed by atoms with Crippen molar-refractivity contribution in [2.45, 2.75) is 19.9 Å². The first-order valence-corrected chi connectivity index (χ1v) is 8.68. The highest BCUT2D eigenvalue weighted by Crippen LogP contribution is 2.21. The van der Waals surface area contributed by atoms with Crippen molar-refractivity contribution < 1.29 is 14.3 Å². The molecule has 1 amide bonds. The van der Waals surface area contributed by atoms with Gasteiger partial charge in [0, 0.05) is 5.02 Å². The van der Waals surface area contributed by atoms with E-state index >= 15 is 0 Å². The number of halogens is 1. The van der Waals surface area contributed by atoms with Gasteiger partial charge in [-0.1, -0.05) is 59.6 Å². The first kappa shape index (κ1) is 20.2. The molecular formula is C21H19ClN2O3. The van der Waals surface area contributed by atoms with Gasteiger partial charge < -0.3 is 10.1 Å². The van der Waals surface area contributed by atoms with Gasteiger partial charge in [-0.05, 0) is 37.1 Å². The smallest absolute Gasteiger partial charge is 0.349 e. The van der Waals surface area contributed by atoms with E-state index in [-0.39, 0.29) is 11.6 Å². The third-order valence-corrected chi connectivity index (χ3v) is 4.16. The van der Waals surface area contributed by atoms with E-state index < -0.39 is 18.5 Å². The van der Waals surface area contributed by atoms with Gasteiger partial charge in [0.25, 0.3) is 5.91 Å². The number of rotatable bonds is 6. The van der Waals surface area contributed by atoms with Crippen LogP contribution in [0, 0.1) is 18.3 Å². The third-order valence-electron chi connectivity index (χ3n) is 3.81. The van der Waals surface area contributed by atoms with Crippen LogP contribution in [0.5, 0.6) is 0 Å². The van der Waals surface area contributed by atoms with Crippen LogP contribution >= 0.6 is 11.6 Å². The van der Waals surface area contributed by atoms with Crippen molar-refractivity contribution in [1.29, 1.82) is 5.26 Å². The van der Waals surface area contributed by atoms with Crippen LogP contribution in [-0.2, 0) is 14.3 Å². The molecule has 0 heterocycles. The maximum atomic E-state index is 12.0. The second-order valence-corrected chi connectivity index (χ2v) is 6.37. The fraction of sp³-hybridized carbons (Fsp3) is 0.190.